The summed E-state index contributed by atoms with van der Waals surface area (Å²) in [5, 5.41) is 2.03. The minimum Gasteiger partial charge on any atom is -0.415 e. The number of benzene rings is 1. The van der Waals surface area contributed by atoms with Gasteiger partial charge in [0, 0.05) is 18.7 Å². The van der Waals surface area contributed by atoms with E-state index in [0.717, 1.165) is 40.6 Å². The SMILES string of the molecule is CCc1cc(-c2ncc(N3CCCCC3)s2)c2ncc(OC(F)F)nc2c1. The number of hydrogen-bond acceptors (Lipinski definition) is 6. The van der Waals surface area contributed by atoms with Crippen LogP contribution in [0.1, 0.15) is 31.7 Å². The van der Waals surface area contributed by atoms with Crippen molar-refractivity contribution >= 4 is 27.4 Å². The van der Waals surface area contributed by atoms with E-state index in [9.17, 15) is 8.78 Å². The minimum absolute atomic E-state index is 0.176. The number of rotatable bonds is 5. The maximum absolute atomic E-state index is 12.5. The smallest absolute Gasteiger partial charge is 0.388 e. The van der Waals surface area contributed by atoms with E-state index in [-0.39, 0.29) is 5.88 Å². The lowest BCUT2D eigenvalue weighted by Gasteiger charge is -2.26. The second-order valence-corrected chi connectivity index (χ2v) is 7.51. The number of aryl methyl sites for hydroxylation is 1. The lowest BCUT2D eigenvalue weighted by Crippen LogP contribution is -2.28. The van der Waals surface area contributed by atoms with Crippen molar-refractivity contribution in [2.24, 2.45) is 0 Å². The molecule has 3 aromatic rings. The van der Waals surface area contributed by atoms with Crippen LogP contribution in [0.15, 0.2) is 24.5 Å². The molecule has 0 spiro atoms. The van der Waals surface area contributed by atoms with Gasteiger partial charge in [-0.05, 0) is 43.4 Å². The van der Waals surface area contributed by atoms with Gasteiger partial charge in [-0.3, -0.25) is 0 Å². The fourth-order valence-electron chi connectivity index (χ4n) is 3.33. The van der Waals surface area contributed by atoms with Gasteiger partial charge in [0.1, 0.15) is 10.0 Å². The maximum atomic E-state index is 12.5. The zero-order valence-electron chi connectivity index (χ0n) is 15.0. The van der Waals surface area contributed by atoms with E-state index in [1.54, 1.807) is 11.3 Å². The summed E-state index contributed by atoms with van der Waals surface area (Å²) in [5.74, 6) is -0.176. The van der Waals surface area contributed by atoms with Crippen LogP contribution in [0.5, 0.6) is 5.88 Å². The molecule has 0 N–H and O–H groups in total. The van der Waals surface area contributed by atoms with Gasteiger partial charge in [-0.15, -0.1) is 0 Å². The van der Waals surface area contributed by atoms with Crippen molar-refractivity contribution in [3.8, 4) is 16.5 Å². The summed E-state index contributed by atoms with van der Waals surface area (Å²) in [6, 6.07) is 3.92. The van der Waals surface area contributed by atoms with Gasteiger partial charge in [0.2, 0.25) is 5.88 Å². The summed E-state index contributed by atoms with van der Waals surface area (Å²) in [6.45, 7) is 1.24. The fraction of sp³-hybridized carbons (Fsp3) is 0.421. The Kier molecular flexibility index (Phi) is 5.15. The Labute approximate surface area is 160 Å². The van der Waals surface area contributed by atoms with Crippen molar-refractivity contribution in [1.82, 2.24) is 15.0 Å². The van der Waals surface area contributed by atoms with E-state index >= 15 is 0 Å². The predicted molar refractivity (Wildman–Crippen MR) is 103 cm³/mol. The first-order valence-electron chi connectivity index (χ1n) is 9.09. The molecule has 3 heterocycles. The zero-order valence-corrected chi connectivity index (χ0v) is 15.8. The standard InChI is InChI=1S/C19H20F2N4OS/c1-2-12-8-13(17-14(9-12)24-15(10-22-17)26-19(20)21)18-23-11-16(27-18)25-6-4-3-5-7-25/h8-11,19H,2-7H2,1H3. The fourth-order valence-corrected chi connectivity index (χ4v) is 4.32. The van der Waals surface area contributed by atoms with Crippen molar-refractivity contribution in [1.29, 1.82) is 0 Å². The van der Waals surface area contributed by atoms with Crippen LogP contribution in [-0.2, 0) is 6.42 Å². The van der Waals surface area contributed by atoms with E-state index < -0.39 is 6.61 Å². The molecule has 142 valence electrons. The second-order valence-electron chi connectivity index (χ2n) is 6.50. The van der Waals surface area contributed by atoms with Crippen LogP contribution in [0.4, 0.5) is 13.8 Å². The van der Waals surface area contributed by atoms with Crippen LogP contribution in [0.25, 0.3) is 21.6 Å². The predicted octanol–water partition coefficient (Wildman–Crippen LogP) is 4.91. The molecule has 1 aromatic carbocycles. The zero-order chi connectivity index (χ0) is 18.8. The Morgan fingerprint density at radius 1 is 1.15 bits per heavy atom. The number of halogens is 2. The van der Waals surface area contributed by atoms with Crippen molar-refractivity contribution in [3.05, 3.63) is 30.1 Å². The molecule has 5 nitrogen and oxygen atoms in total. The Morgan fingerprint density at radius 3 is 2.70 bits per heavy atom. The first kappa shape index (κ1) is 18.0. The van der Waals surface area contributed by atoms with Gasteiger partial charge in [0.15, 0.2) is 0 Å². The second kappa shape index (κ2) is 7.72. The third-order valence-corrected chi connectivity index (χ3v) is 5.79. The molecule has 1 aliphatic rings. The molecule has 1 fully saturated rings. The molecule has 2 aromatic heterocycles. The summed E-state index contributed by atoms with van der Waals surface area (Å²) in [4.78, 5) is 15.5. The molecule has 0 amide bonds. The normalized spacial score (nSPS) is 14.9. The average Bonchev–Trinajstić information content (AvgIpc) is 3.17. The van der Waals surface area contributed by atoms with Gasteiger partial charge in [-0.1, -0.05) is 18.3 Å². The number of thiazole rings is 1. The summed E-state index contributed by atoms with van der Waals surface area (Å²) >= 11 is 1.64. The van der Waals surface area contributed by atoms with Gasteiger partial charge in [0.25, 0.3) is 0 Å². The van der Waals surface area contributed by atoms with E-state index in [4.69, 9.17) is 0 Å². The number of ether oxygens (including phenoxy) is 1. The van der Waals surface area contributed by atoms with Crippen LogP contribution >= 0.6 is 11.3 Å². The molecule has 27 heavy (non-hydrogen) atoms. The van der Waals surface area contributed by atoms with Crippen molar-refractivity contribution in [2.75, 3.05) is 18.0 Å². The molecule has 8 heteroatoms. The molecule has 0 atom stereocenters. The summed E-state index contributed by atoms with van der Waals surface area (Å²) < 4.78 is 29.4. The number of fused-ring (bicyclic) bond motifs is 1. The monoisotopic (exact) mass is 390 g/mol. The van der Waals surface area contributed by atoms with E-state index in [2.05, 4.69) is 30.7 Å². The Hall–Kier alpha value is -2.35. The lowest BCUT2D eigenvalue weighted by atomic mass is 10.1. The highest BCUT2D eigenvalue weighted by Crippen LogP contribution is 2.36. The number of hydrogen-bond donors (Lipinski definition) is 0. The average molecular weight is 390 g/mol. The minimum atomic E-state index is -2.92. The van der Waals surface area contributed by atoms with Crippen molar-refractivity contribution < 1.29 is 13.5 Å². The van der Waals surface area contributed by atoms with Gasteiger partial charge in [0.05, 0.1) is 23.4 Å². The van der Waals surface area contributed by atoms with Crippen molar-refractivity contribution in [2.45, 2.75) is 39.2 Å². The van der Waals surface area contributed by atoms with Crippen LogP contribution < -0.4 is 9.64 Å². The van der Waals surface area contributed by atoms with E-state index in [1.807, 2.05) is 19.2 Å². The Bertz CT molecular complexity index is 941. The van der Waals surface area contributed by atoms with Gasteiger partial charge < -0.3 is 9.64 Å². The first-order valence-corrected chi connectivity index (χ1v) is 9.91. The maximum Gasteiger partial charge on any atom is 0.388 e. The number of alkyl halides is 2. The topological polar surface area (TPSA) is 51.1 Å². The Morgan fingerprint density at radius 2 is 1.96 bits per heavy atom. The highest BCUT2D eigenvalue weighted by Gasteiger charge is 2.17. The van der Waals surface area contributed by atoms with Crippen LogP contribution in [0.2, 0.25) is 0 Å². The number of piperidine rings is 1. The van der Waals surface area contributed by atoms with Crippen LogP contribution in [0, 0.1) is 0 Å². The molecule has 1 aliphatic heterocycles. The Balaban J connectivity index is 1.75. The summed E-state index contributed by atoms with van der Waals surface area (Å²) in [5.41, 5.74) is 3.12. The van der Waals surface area contributed by atoms with E-state index in [1.165, 1.54) is 25.5 Å². The van der Waals surface area contributed by atoms with Gasteiger partial charge in [-0.25, -0.2) is 15.0 Å². The lowest BCUT2D eigenvalue weighted by molar-refractivity contribution is -0.0528. The van der Waals surface area contributed by atoms with Crippen molar-refractivity contribution in [3.63, 3.8) is 0 Å². The molecule has 0 unspecified atom stereocenters. The highest BCUT2D eigenvalue weighted by molar-refractivity contribution is 7.19. The molecule has 4 rings (SSSR count). The van der Waals surface area contributed by atoms with Crippen LogP contribution in [0.3, 0.4) is 0 Å². The molecule has 1 saturated heterocycles. The van der Waals surface area contributed by atoms with Gasteiger partial charge >= 0.3 is 6.61 Å². The number of nitrogens with zero attached hydrogens (tertiary/aromatic N) is 4. The van der Waals surface area contributed by atoms with Crippen LogP contribution in [-0.4, -0.2) is 34.7 Å². The number of aromatic nitrogens is 3. The number of anilines is 1. The van der Waals surface area contributed by atoms with E-state index in [0.29, 0.717) is 11.0 Å². The molecule has 0 saturated carbocycles. The summed E-state index contributed by atoms with van der Waals surface area (Å²) in [6.07, 6.45) is 7.65. The molecule has 0 bridgehead atoms. The molecule has 0 radical (unpaired) electrons. The molecular weight excluding hydrogens is 370 g/mol. The summed E-state index contributed by atoms with van der Waals surface area (Å²) in [7, 11) is 0. The quantitative estimate of drug-likeness (QED) is 0.620. The first-order chi connectivity index (χ1) is 13.1. The van der Waals surface area contributed by atoms with Gasteiger partial charge in [-0.2, -0.15) is 8.78 Å². The molecular formula is C19H20F2N4OS. The third kappa shape index (κ3) is 3.85. The highest BCUT2D eigenvalue weighted by atomic mass is 32.1. The largest absolute Gasteiger partial charge is 0.415 e. The third-order valence-electron chi connectivity index (χ3n) is 4.69. The molecule has 0 aliphatic carbocycles.